The molecule has 4 nitrogen and oxygen atoms in total. The molecule has 1 aliphatic rings. The van der Waals surface area contributed by atoms with E-state index in [2.05, 4.69) is 21.7 Å². The van der Waals surface area contributed by atoms with Crippen LogP contribution < -0.4 is 5.73 Å². The van der Waals surface area contributed by atoms with E-state index < -0.39 is 0 Å². The molecule has 0 saturated carbocycles. The number of rotatable bonds is 1. The minimum Gasteiger partial charge on any atom is -0.396 e. The van der Waals surface area contributed by atoms with Gasteiger partial charge < -0.3 is 10.6 Å². The van der Waals surface area contributed by atoms with Gasteiger partial charge in [0.15, 0.2) is 0 Å². The Bertz CT molecular complexity index is 305. The first-order chi connectivity index (χ1) is 6.18. The number of likely N-dealkylation sites (N-methyl/N-ethyl adjacent to an activating group) is 1. The number of aromatic nitrogens is 2. The van der Waals surface area contributed by atoms with Crippen molar-refractivity contribution in [3.8, 4) is 0 Å². The third kappa shape index (κ3) is 1.42. The summed E-state index contributed by atoms with van der Waals surface area (Å²) in [6.45, 7) is 4.27. The van der Waals surface area contributed by atoms with Crippen LogP contribution >= 0.6 is 0 Å². The molecule has 2 rings (SSSR count). The quantitative estimate of drug-likeness (QED) is 0.690. The molecule has 4 heteroatoms. The van der Waals surface area contributed by atoms with Crippen LogP contribution in [0.2, 0.25) is 0 Å². The third-order valence-corrected chi connectivity index (χ3v) is 2.79. The maximum absolute atomic E-state index is 5.75. The fourth-order valence-electron chi connectivity index (χ4n) is 1.92. The van der Waals surface area contributed by atoms with E-state index in [-0.39, 0.29) is 0 Å². The van der Waals surface area contributed by atoms with Gasteiger partial charge in [0.1, 0.15) is 0 Å². The number of anilines is 1. The Morgan fingerprint density at radius 3 is 2.85 bits per heavy atom. The highest BCUT2D eigenvalue weighted by atomic mass is 15.3. The normalized spacial score (nSPS) is 24.0. The van der Waals surface area contributed by atoms with Gasteiger partial charge in [0.05, 0.1) is 23.6 Å². The van der Waals surface area contributed by atoms with Crippen LogP contribution in [-0.4, -0.2) is 34.8 Å². The van der Waals surface area contributed by atoms with Gasteiger partial charge in [-0.25, -0.2) is 0 Å². The molecule has 2 heterocycles. The number of nitrogen functional groups attached to an aromatic ring is 1. The van der Waals surface area contributed by atoms with Crippen molar-refractivity contribution in [1.29, 1.82) is 0 Å². The lowest BCUT2D eigenvalue weighted by Gasteiger charge is -2.12. The van der Waals surface area contributed by atoms with Gasteiger partial charge in [0.2, 0.25) is 0 Å². The van der Waals surface area contributed by atoms with Gasteiger partial charge in [-0.05, 0) is 26.9 Å². The van der Waals surface area contributed by atoms with E-state index in [4.69, 9.17) is 5.73 Å². The Morgan fingerprint density at radius 1 is 1.62 bits per heavy atom. The van der Waals surface area contributed by atoms with E-state index in [0.717, 1.165) is 24.5 Å². The molecule has 0 aromatic carbocycles. The first-order valence-electron chi connectivity index (χ1n) is 4.66. The molecule has 72 valence electrons. The number of nitrogens with two attached hydrogens (primary N) is 1. The van der Waals surface area contributed by atoms with Crippen LogP contribution in [0.25, 0.3) is 0 Å². The lowest BCUT2D eigenvalue weighted by atomic mass is 10.2. The van der Waals surface area contributed by atoms with Crippen molar-refractivity contribution >= 4 is 5.69 Å². The largest absolute Gasteiger partial charge is 0.396 e. The van der Waals surface area contributed by atoms with Crippen molar-refractivity contribution in [3.05, 3.63) is 11.9 Å². The number of hydrogen-bond acceptors (Lipinski definition) is 3. The van der Waals surface area contributed by atoms with Crippen LogP contribution in [-0.2, 0) is 0 Å². The van der Waals surface area contributed by atoms with E-state index in [0.29, 0.717) is 6.04 Å². The molecule has 0 bridgehead atoms. The average Bonchev–Trinajstić information content (AvgIpc) is 2.62. The SMILES string of the molecule is Cc1c(N)cnn1C1CCN(C)C1. The van der Waals surface area contributed by atoms with Crippen LogP contribution in [0.15, 0.2) is 6.20 Å². The van der Waals surface area contributed by atoms with Crippen molar-refractivity contribution in [3.63, 3.8) is 0 Å². The van der Waals surface area contributed by atoms with Crippen LogP contribution in [0.3, 0.4) is 0 Å². The zero-order valence-electron chi connectivity index (χ0n) is 8.20. The molecule has 1 aromatic rings. The van der Waals surface area contributed by atoms with E-state index in [9.17, 15) is 0 Å². The predicted octanol–water partition coefficient (Wildman–Crippen LogP) is 0.650. The van der Waals surface area contributed by atoms with E-state index in [1.165, 1.54) is 6.42 Å². The molecule has 0 amide bonds. The standard InChI is InChI=1S/C9H16N4/c1-7-9(10)5-11-13(7)8-3-4-12(2)6-8/h5,8H,3-4,6,10H2,1-2H3. The minimum atomic E-state index is 0.516. The Hall–Kier alpha value is -1.03. The van der Waals surface area contributed by atoms with Gasteiger partial charge in [-0.2, -0.15) is 5.10 Å². The lowest BCUT2D eigenvalue weighted by Crippen LogP contribution is -2.17. The van der Waals surface area contributed by atoms with Crippen LogP contribution in [0, 0.1) is 6.92 Å². The molecule has 1 aliphatic heterocycles. The topological polar surface area (TPSA) is 47.1 Å². The summed E-state index contributed by atoms with van der Waals surface area (Å²) in [5.41, 5.74) is 7.64. The molecule has 13 heavy (non-hydrogen) atoms. The highest BCUT2D eigenvalue weighted by Crippen LogP contribution is 2.22. The predicted molar refractivity (Wildman–Crippen MR) is 52.5 cm³/mol. The summed E-state index contributed by atoms with van der Waals surface area (Å²) < 4.78 is 2.05. The zero-order valence-corrected chi connectivity index (χ0v) is 8.20. The van der Waals surface area contributed by atoms with E-state index in [1.807, 2.05) is 6.92 Å². The Kier molecular flexibility index (Phi) is 2.00. The Balaban J connectivity index is 2.21. The fraction of sp³-hybridized carbons (Fsp3) is 0.667. The Morgan fingerprint density at radius 2 is 2.38 bits per heavy atom. The van der Waals surface area contributed by atoms with Crippen LogP contribution in [0.5, 0.6) is 0 Å². The van der Waals surface area contributed by atoms with Crippen molar-refractivity contribution in [2.75, 3.05) is 25.9 Å². The van der Waals surface area contributed by atoms with Gasteiger partial charge in [-0.1, -0.05) is 0 Å². The van der Waals surface area contributed by atoms with Crippen molar-refractivity contribution in [1.82, 2.24) is 14.7 Å². The lowest BCUT2D eigenvalue weighted by molar-refractivity contribution is 0.379. The second-order valence-electron chi connectivity index (χ2n) is 3.83. The van der Waals surface area contributed by atoms with Gasteiger partial charge in [-0.15, -0.1) is 0 Å². The van der Waals surface area contributed by atoms with Crippen molar-refractivity contribution in [2.45, 2.75) is 19.4 Å². The molecule has 0 radical (unpaired) electrons. The zero-order chi connectivity index (χ0) is 9.42. The monoisotopic (exact) mass is 180 g/mol. The highest BCUT2D eigenvalue weighted by Gasteiger charge is 2.22. The molecule has 1 fully saturated rings. The van der Waals surface area contributed by atoms with E-state index in [1.54, 1.807) is 6.20 Å². The van der Waals surface area contributed by atoms with Crippen molar-refractivity contribution < 1.29 is 0 Å². The molecule has 1 unspecified atom stereocenters. The van der Waals surface area contributed by atoms with Gasteiger partial charge in [-0.3, -0.25) is 4.68 Å². The summed E-state index contributed by atoms with van der Waals surface area (Å²) in [6.07, 6.45) is 2.92. The Labute approximate surface area is 78.3 Å². The molecular weight excluding hydrogens is 164 g/mol. The molecule has 2 N–H and O–H groups in total. The summed E-state index contributed by atoms with van der Waals surface area (Å²) >= 11 is 0. The smallest absolute Gasteiger partial charge is 0.0730 e. The van der Waals surface area contributed by atoms with Crippen LogP contribution in [0.1, 0.15) is 18.2 Å². The minimum absolute atomic E-state index is 0.516. The second kappa shape index (κ2) is 3.03. The maximum Gasteiger partial charge on any atom is 0.0730 e. The van der Waals surface area contributed by atoms with E-state index >= 15 is 0 Å². The summed E-state index contributed by atoms with van der Waals surface area (Å²) in [6, 6.07) is 0.516. The van der Waals surface area contributed by atoms with Gasteiger partial charge in [0.25, 0.3) is 0 Å². The second-order valence-corrected chi connectivity index (χ2v) is 3.83. The van der Waals surface area contributed by atoms with Gasteiger partial charge in [0, 0.05) is 6.54 Å². The first kappa shape index (κ1) is 8.56. The highest BCUT2D eigenvalue weighted by molar-refractivity contribution is 5.39. The molecular formula is C9H16N4. The molecule has 1 aromatic heterocycles. The summed E-state index contributed by atoms with van der Waals surface area (Å²) in [5.74, 6) is 0. The molecule has 0 aliphatic carbocycles. The summed E-state index contributed by atoms with van der Waals surface area (Å²) in [4.78, 5) is 2.32. The summed E-state index contributed by atoms with van der Waals surface area (Å²) in [5, 5.41) is 4.30. The molecule has 1 saturated heterocycles. The first-order valence-corrected chi connectivity index (χ1v) is 4.66. The average molecular weight is 180 g/mol. The van der Waals surface area contributed by atoms with Gasteiger partial charge >= 0.3 is 0 Å². The number of likely N-dealkylation sites (tertiary alicyclic amines) is 1. The van der Waals surface area contributed by atoms with Crippen molar-refractivity contribution in [2.24, 2.45) is 0 Å². The fourth-order valence-corrected chi connectivity index (χ4v) is 1.92. The van der Waals surface area contributed by atoms with Crippen LogP contribution in [0.4, 0.5) is 5.69 Å². The number of nitrogens with zero attached hydrogens (tertiary/aromatic N) is 3. The summed E-state index contributed by atoms with van der Waals surface area (Å²) in [7, 11) is 2.14. The number of hydrogen-bond donors (Lipinski definition) is 1. The molecule has 0 spiro atoms. The third-order valence-electron chi connectivity index (χ3n) is 2.79. The molecule has 1 atom stereocenters. The maximum atomic E-state index is 5.75.